The first-order chi connectivity index (χ1) is 17.0. The van der Waals surface area contributed by atoms with Gasteiger partial charge in [-0.25, -0.2) is 4.79 Å². The van der Waals surface area contributed by atoms with Crippen LogP contribution in [0.1, 0.15) is 62.0 Å². The molecule has 0 aliphatic heterocycles. The number of carboxylic acids is 1. The highest BCUT2D eigenvalue weighted by atomic mass is 16.5. The third kappa shape index (κ3) is 6.29. The van der Waals surface area contributed by atoms with Crippen molar-refractivity contribution in [2.45, 2.75) is 56.9 Å². The van der Waals surface area contributed by atoms with Gasteiger partial charge >= 0.3 is 12.1 Å². The Morgan fingerprint density at radius 1 is 1.00 bits per heavy atom. The van der Waals surface area contributed by atoms with Gasteiger partial charge in [0.25, 0.3) is 0 Å². The van der Waals surface area contributed by atoms with E-state index in [1.807, 2.05) is 36.4 Å². The number of carbonyl (C=O) groups is 3. The fourth-order valence-corrected chi connectivity index (χ4v) is 4.92. The van der Waals surface area contributed by atoms with Gasteiger partial charge in [0.2, 0.25) is 5.91 Å². The number of benzene rings is 2. The van der Waals surface area contributed by atoms with E-state index in [-0.39, 0.29) is 25.4 Å². The highest BCUT2D eigenvalue weighted by Gasteiger charge is 2.30. The Kier molecular flexibility index (Phi) is 8.19. The smallest absolute Gasteiger partial charge is 0.407 e. The molecule has 184 valence electrons. The van der Waals surface area contributed by atoms with Gasteiger partial charge in [-0.2, -0.15) is 0 Å². The van der Waals surface area contributed by atoms with Crippen molar-refractivity contribution in [3.05, 3.63) is 71.3 Å². The van der Waals surface area contributed by atoms with Crippen molar-refractivity contribution in [3.63, 3.8) is 0 Å². The Morgan fingerprint density at radius 2 is 1.69 bits per heavy atom. The fourth-order valence-electron chi connectivity index (χ4n) is 4.92. The van der Waals surface area contributed by atoms with E-state index < -0.39 is 24.0 Å². The second-order valence-electron chi connectivity index (χ2n) is 9.10. The number of carbonyl (C=O) groups excluding carboxylic acids is 2. The van der Waals surface area contributed by atoms with Crippen LogP contribution in [0.4, 0.5) is 4.79 Å². The number of hydrogen-bond donors (Lipinski definition) is 3. The van der Waals surface area contributed by atoms with Crippen LogP contribution >= 0.6 is 0 Å². The summed E-state index contributed by atoms with van der Waals surface area (Å²) in [4.78, 5) is 36.4. The maximum absolute atomic E-state index is 12.7. The maximum Gasteiger partial charge on any atom is 0.407 e. The molecular weight excluding hydrogens is 444 g/mol. The summed E-state index contributed by atoms with van der Waals surface area (Å²) in [5.41, 5.74) is 5.79. The topological polar surface area (TPSA) is 105 Å². The van der Waals surface area contributed by atoms with Gasteiger partial charge in [0.15, 0.2) is 0 Å². The Balaban J connectivity index is 1.34. The SMILES string of the molecule is O=C(O)CCC(NC(=O)OCC1c2ccccc2-c2ccccc21)C(=O)NCCC1=CCCCC1. The molecule has 3 N–H and O–H groups in total. The van der Waals surface area contributed by atoms with Gasteiger partial charge in [-0.3, -0.25) is 9.59 Å². The van der Waals surface area contributed by atoms with Crippen molar-refractivity contribution in [3.8, 4) is 11.1 Å². The van der Waals surface area contributed by atoms with Gasteiger partial charge in [-0.1, -0.05) is 60.2 Å². The summed E-state index contributed by atoms with van der Waals surface area (Å²) in [6, 6.07) is 15.1. The molecule has 0 aromatic heterocycles. The third-order valence-electron chi connectivity index (χ3n) is 6.73. The highest BCUT2D eigenvalue weighted by Crippen LogP contribution is 2.44. The number of ether oxygens (including phenoxy) is 1. The third-order valence-corrected chi connectivity index (χ3v) is 6.73. The molecule has 1 atom stereocenters. The lowest BCUT2D eigenvalue weighted by atomic mass is 9.97. The first kappa shape index (κ1) is 24.5. The van der Waals surface area contributed by atoms with Gasteiger partial charge in [0.05, 0.1) is 0 Å². The molecule has 0 spiro atoms. The van der Waals surface area contributed by atoms with Crippen LogP contribution in [0.25, 0.3) is 11.1 Å². The zero-order valence-electron chi connectivity index (χ0n) is 19.8. The zero-order chi connectivity index (χ0) is 24.6. The van der Waals surface area contributed by atoms with Crippen molar-refractivity contribution in [2.24, 2.45) is 0 Å². The lowest BCUT2D eigenvalue weighted by Crippen LogP contribution is -2.47. The number of carboxylic acid groups (broad SMARTS) is 1. The van der Waals surface area contributed by atoms with E-state index >= 15 is 0 Å². The number of aliphatic carboxylic acids is 1. The summed E-state index contributed by atoms with van der Waals surface area (Å²) in [7, 11) is 0. The Hall–Kier alpha value is -3.61. The van der Waals surface area contributed by atoms with Crippen LogP contribution in [0.2, 0.25) is 0 Å². The van der Waals surface area contributed by atoms with Crippen molar-refractivity contribution in [1.82, 2.24) is 10.6 Å². The van der Waals surface area contributed by atoms with E-state index in [0.29, 0.717) is 6.54 Å². The average Bonchev–Trinajstić information content (AvgIpc) is 3.19. The summed E-state index contributed by atoms with van der Waals surface area (Å²) in [6.45, 7) is 0.585. The minimum atomic E-state index is -1.02. The van der Waals surface area contributed by atoms with Gasteiger partial charge in [-0.15, -0.1) is 0 Å². The molecule has 0 saturated carbocycles. The average molecular weight is 477 g/mol. The fraction of sp³-hybridized carbons (Fsp3) is 0.393. The Labute approximate surface area is 205 Å². The normalized spacial score (nSPS) is 15.4. The van der Waals surface area contributed by atoms with E-state index in [1.54, 1.807) is 0 Å². The number of nitrogens with one attached hydrogen (secondary N) is 2. The number of allylic oxidation sites excluding steroid dienone is 1. The van der Waals surface area contributed by atoms with Crippen LogP contribution in [0, 0.1) is 0 Å². The monoisotopic (exact) mass is 476 g/mol. The lowest BCUT2D eigenvalue weighted by Gasteiger charge is -2.20. The van der Waals surface area contributed by atoms with E-state index in [0.717, 1.165) is 41.5 Å². The summed E-state index contributed by atoms with van der Waals surface area (Å²) in [5, 5.41) is 14.5. The summed E-state index contributed by atoms with van der Waals surface area (Å²) < 4.78 is 5.54. The van der Waals surface area contributed by atoms with Gasteiger partial charge in [-0.05, 0) is 60.8 Å². The predicted octanol–water partition coefficient (Wildman–Crippen LogP) is 4.77. The molecule has 4 rings (SSSR count). The van der Waals surface area contributed by atoms with Crippen molar-refractivity contribution in [1.29, 1.82) is 0 Å². The molecule has 2 aromatic carbocycles. The van der Waals surface area contributed by atoms with Crippen LogP contribution < -0.4 is 10.6 Å². The largest absolute Gasteiger partial charge is 0.481 e. The molecule has 0 saturated heterocycles. The molecule has 1 unspecified atom stereocenters. The highest BCUT2D eigenvalue weighted by molar-refractivity contribution is 5.86. The summed E-state index contributed by atoms with van der Waals surface area (Å²) in [5.74, 6) is -1.51. The molecule has 0 heterocycles. The maximum atomic E-state index is 12.7. The van der Waals surface area contributed by atoms with Crippen molar-refractivity contribution >= 4 is 18.0 Å². The van der Waals surface area contributed by atoms with Gasteiger partial charge in [0.1, 0.15) is 12.6 Å². The molecule has 7 heteroatoms. The quantitative estimate of drug-likeness (QED) is 0.429. The Morgan fingerprint density at radius 3 is 2.31 bits per heavy atom. The first-order valence-corrected chi connectivity index (χ1v) is 12.3. The zero-order valence-corrected chi connectivity index (χ0v) is 19.8. The van der Waals surface area contributed by atoms with E-state index in [2.05, 4.69) is 28.8 Å². The molecule has 2 aliphatic carbocycles. The van der Waals surface area contributed by atoms with Crippen LogP contribution in [-0.4, -0.2) is 42.3 Å². The first-order valence-electron chi connectivity index (χ1n) is 12.3. The minimum absolute atomic E-state index is 0.00589. The van der Waals surface area contributed by atoms with Gasteiger partial charge in [0, 0.05) is 18.9 Å². The lowest BCUT2D eigenvalue weighted by molar-refractivity contribution is -0.137. The van der Waals surface area contributed by atoms with Crippen LogP contribution in [0.15, 0.2) is 60.2 Å². The van der Waals surface area contributed by atoms with Gasteiger partial charge < -0.3 is 20.5 Å². The molecule has 2 aliphatic rings. The van der Waals surface area contributed by atoms with Crippen LogP contribution in [0.5, 0.6) is 0 Å². The number of fused-ring (bicyclic) bond motifs is 3. The number of hydrogen-bond acceptors (Lipinski definition) is 4. The van der Waals surface area contributed by atoms with Crippen molar-refractivity contribution < 1.29 is 24.2 Å². The molecule has 0 fully saturated rings. The molecule has 0 radical (unpaired) electrons. The van der Waals surface area contributed by atoms with Crippen LogP contribution in [0.3, 0.4) is 0 Å². The van der Waals surface area contributed by atoms with E-state index in [4.69, 9.17) is 9.84 Å². The van der Waals surface area contributed by atoms with Crippen molar-refractivity contribution in [2.75, 3.05) is 13.2 Å². The molecule has 35 heavy (non-hydrogen) atoms. The molecule has 2 aromatic rings. The molecule has 2 amide bonds. The number of alkyl carbamates (subject to hydrolysis) is 1. The standard InChI is InChI=1S/C28H32N2O5/c31-26(32)15-14-25(27(33)29-17-16-19-8-2-1-3-9-19)30-28(34)35-18-24-22-12-6-4-10-20(22)21-11-5-7-13-23(21)24/h4-8,10-13,24-25H,1-3,9,14-18H2,(H,29,33)(H,30,34)(H,31,32). The summed E-state index contributed by atoms with van der Waals surface area (Å²) >= 11 is 0. The molecule has 0 bridgehead atoms. The minimum Gasteiger partial charge on any atom is -0.481 e. The Bertz CT molecular complexity index is 1060. The molecular formula is C28H32N2O5. The number of amides is 2. The van der Waals surface area contributed by atoms with E-state index in [1.165, 1.54) is 18.4 Å². The van der Waals surface area contributed by atoms with E-state index in [9.17, 15) is 14.4 Å². The second-order valence-corrected chi connectivity index (χ2v) is 9.10. The summed E-state index contributed by atoms with van der Waals surface area (Å²) in [6.07, 6.45) is 6.54. The number of rotatable bonds is 10. The molecule has 7 nitrogen and oxygen atoms in total. The van der Waals surface area contributed by atoms with Crippen LogP contribution in [-0.2, 0) is 14.3 Å². The predicted molar refractivity (Wildman–Crippen MR) is 133 cm³/mol. The second kappa shape index (κ2) is 11.7.